The summed E-state index contributed by atoms with van der Waals surface area (Å²) in [5.41, 5.74) is 0. The van der Waals surface area contributed by atoms with Crippen LogP contribution in [0.1, 0.15) is 32.5 Å². The lowest BCUT2D eigenvalue weighted by Gasteiger charge is -2.35. The van der Waals surface area contributed by atoms with Gasteiger partial charge in [-0.2, -0.15) is 0 Å². The fraction of sp³-hybridized carbons (Fsp3) is 0.714. The van der Waals surface area contributed by atoms with Gasteiger partial charge in [0.05, 0.1) is 0 Å². The summed E-state index contributed by atoms with van der Waals surface area (Å²) >= 11 is 0. The van der Waals surface area contributed by atoms with Crippen molar-refractivity contribution < 1.29 is 0 Å². The van der Waals surface area contributed by atoms with Crippen molar-refractivity contribution in [2.24, 2.45) is 0 Å². The molecular weight excluding hydrogens is 238 g/mol. The first-order valence-electron chi connectivity index (χ1n) is 7.14. The molecule has 1 fully saturated rings. The highest BCUT2D eigenvalue weighted by atomic mass is 15.2. The summed E-state index contributed by atoms with van der Waals surface area (Å²) in [6.45, 7) is 5.50. The third-order valence-corrected chi connectivity index (χ3v) is 3.91. The molecular formula is C14H25N5. The van der Waals surface area contributed by atoms with Gasteiger partial charge in [0.2, 0.25) is 0 Å². The third-order valence-electron chi connectivity index (χ3n) is 3.91. The molecule has 2 N–H and O–H groups in total. The summed E-state index contributed by atoms with van der Waals surface area (Å²) in [4.78, 5) is 11.4. The van der Waals surface area contributed by atoms with Crippen LogP contribution in [0.3, 0.4) is 0 Å². The van der Waals surface area contributed by atoms with Crippen molar-refractivity contribution >= 4 is 11.6 Å². The summed E-state index contributed by atoms with van der Waals surface area (Å²) < 4.78 is 0. The van der Waals surface area contributed by atoms with Gasteiger partial charge in [-0.1, -0.05) is 6.92 Å². The minimum atomic E-state index is 0.510. The van der Waals surface area contributed by atoms with Crippen LogP contribution in [0.5, 0.6) is 0 Å². The predicted octanol–water partition coefficient (Wildman–Crippen LogP) is 1.98. The van der Waals surface area contributed by atoms with Crippen LogP contribution in [0.4, 0.5) is 11.6 Å². The number of aromatic nitrogens is 2. The van der Waals surface area contributed by atoms with E-state index < -0.39 is 0 Å². The van der Waals surface area contributed by atoms with E-state index >= 15 is 0 Å². The molecule has 1 aliphatic rings. The highest BCUT2D eigenvalue weighted by molar-refractivity contribution is 5.47. The van der Waals surface area contributed by atoms with Gasteiger partial charge in [-0.3, -0.25) is 0 Å². The quantitative estimate of drug-likeness (QED) is 0.870. The molecule has 2 heterocycles. The SMILES string of the molecule is CCc1nc(NC)cc(NC2CCN(C)C(C)C2)n1. The second-order valence-corrected chi connectivity index (χ2v) is 5.35. The highest BCUT2D eigenvalue weighted by Crippen LogP contribution is 2.20. The summed E-state index contributed by atoms with van der Waals surface area (Å²) in [5.74, 6) is 2.71. The average molecular weight is 263 g/mol. The summed E-state index contributed by atoms with van der Waals surface area (Å²) in [6.07, 6.45) is 3.19. The van der Waals surface area contributed by atoms with E-state index in [-0.39, 0.29) is 0 Å². The molecule has 2 unspecified atom stereocenters. The van der Waals surface area contributed by atoms with Crippen LogP contribution in [0.15, 0.2) is 6.07 Å². The lowest BCUT2D eigenvalue weighted by atomic mass is 9.99. The molecule has 0 radical (unpaired) electrons. The van der Waals surface area contributed by atoms with Gasteiger partial charge in [0.15, 0.2) is 0 Å². The summed E-state index contributed by atoms with van der Waals surface area (Å²) in [5, 5.41) is 6.66. The van der Waals surface area contributed by atoms with Crippen molar-refractivity contribution in [2.75, 3.05) is 31.3 Å². The molecule has 1 aromatic rings. The number of nitrogens with zero attached hydrogens (tertiary/aromatic N) is 3. The zero-order valence-electron chi connectivity index (χ0n) is 12.4. The Bertz CT molecular complexity index is 398. The molecule has 1 aliphatic heterocycles. The lowest BCUT2D eigenvalue weighted by Crippen LogP contribution is -2.42. The van der Waals surface area contributed by atoms with Gasteiger partial charge < -0.3 is 15.5 Å². The van der Waals surface area contributed by atoms with E-state index in [1.54, 1.807) is 0 Å². The maximum absolute atomic E-state index is 4.56. The Kier molecular flexibility index (Phi) is 4.58. The third kappa shape index (κ3) is 3.56. The van der Waals surface area contributed by atoms with Crippen LogP contribution in [-0.2, 0) is 6.42 Å². The number of nitrogens with one attached hydrogen (secondary N) is 2. The van der Waals surface area contributed by atoms with Crippen LogP contribution in [0, 0.1) is 0 Å². The maximum atomic E-state index is 4.56. The first-order valence-corrected chi connectivity index (χ1v) is 7.14. The number of aryl methyl sites for hydroxylation is 1. The predicted molar refractivity (Wildman–Crippen MR) is 79.7 cm³/mol. The van der Waals surface area contributed by atoms with Gasteiger partial charge in [0.25, 0.3) is 0 Å². The van der Waals surface area contributed by atoms with E-state index in [1.807, 2.05) is 13.1 Å². The topological polar surface area (TPSA) is 53.1 Å². The van der Waals surface area contributed by atoms with Crippen molar-refractivity contribution in [3.05, 3.63) is 11.9 Å². The molecule has 0 saturated carbocycles. The van der Waals surface area contributed by atoms with Crippen molar-refractivity contribution in [2.45, 2.75) is 45.2 Å². The van der Waals surface area contributed by atoms with Crippen molar-refractivity contribution in [3.63, 3.8) is 0 Å². The number of hydrogen-bond acceptors (Lipinski definition) is 5. The van der Waals surface area contributed by atoms with Gasteiger partial charge in [0, 0.05) is 38.2 Å². The second kappa shape index (κ2) is 6.19. The van der Waals surface area contributed by atoms with E-state index in [0.29, 0.717) is 12.1 Å². The fourth-order valence-corrected chi connectivity index (χ4v) is 2.49. The van der Waals surface area contributed by atoms with Gasteiger partial charge in [-0.15, -0.1) is 0 Å². The number of rotatable bonds is 4. The first kappa shape index (κ1) is 14.1. The molecule has 0 aliphatic carbocycles. The fourth-order valence-electron chi connectivity index (χ4n) is 2.49. The minimum absolute atomic E-state index is 0.510. The van der Waals surface area contributed by atoms with Crippen molar-refractivity contribution in [1.29, 1.82) is 0 Å². The summed E-state index contributed by atoms with van der Waals surface area (Å²) in [7, 11) is 4.09. The standard InChI is InChI=1S/C14H25N5/c1-5-12-17-13(15-3)9-14(18-12)16-11-6-7-19(4)10(2)8-11/h9-11H,5-8H2,1-4H3,(H2,15,16,17,18). The van der Waals surface area contributed by atoms with Crippen molar-refractivity contribution in [1.82, 2.24) is 14.9 Å². The number of hydrogen-bond donors (Lipinski definition) is 2. The van der Waals surface area contributed by atoms with E-state index in [2.05, 4.69) is 46.4 Å². The molecule has 1 saturated heterocycles. The minimum Gasteiger partial charge on any atom is -0.373 e. The smallest absolute Gasteiger partial charge is 0.132 e. The monoisotopic (exact) mass is 263 g/mol. The molecule has 5 nitrogen and oxygen atoms in total. The second-order valence-electron chi connectivity index (χ2n) is 5.35. The largest absolute Gasteiger partial charge is 0.373 e. The molecule has 0 aromatic carbocycles. The maximum Gasteiger partial charge on any atom is 0.132 e. The van der Waals surface area contributed by atoms with E-state index in [9.17, 15) is 0 Å². The molecule has 0 amide bonds. The van der Waals surface area contributed by atoms with Crippen LogP contribution in [0.2, 0.25) is 0 Å². The number of piperidine rings is 1. The molecule has 106 valence electrons. The Hall–Kier alpha value is -1.36. The lowest BCUT2D eigenvalue weighted by molar-refractivity contribution is 0.190. The molecule has 5 heteroatoms. The van der Waals surface area contributed by atoms with Gasteiger partial charge in [-0.05, 0) is 26.8 Å². The van der Waals surface area contributed by atoms with Crippen LogP contribution >= 0.6 is 0 Å². The summed E-state index contributed by atoms with van der Waals surface area (Å²) in [6, 6.07) is 3.13. The van der Waals surface area contributed by atoms with Crippen molar-refractivity contribution in [3.8, 4) is 0 Å². The molecule has 1 aromatic heterocycles. The Morgan fingerprint density at radius 1 is 1.37 bits per heavy atom. The molecule has 0 bridgehead atoms. The Morgan fingerprint density at radius 2 is 2.11 bits per heavy atom. The number of likely N-dealkylation sites (tertiary alicyclic amines) is 1. The zero-order valence-corrected chi connectivity index (χ0v) is 12.4. The van der Waals surface area contributed by atoms with E-state index in [4.69, 9.17) is 0 Å². The van der Waals surface area contributed by atoms with Crippen LogP contribution < -0.4 is 10.6 Å². The van der Waals surface area contributed by atoms with E-state index in [0.717, 1.165) is 36.8 Å². The first-order chi connectivity index (χ1) is 9.12. The number of anilines is 2. The van der Waals surface area contributed by atoms with Gasteiger partial charge >= 0.3 is 0 Å². The van der Waals surface area contributed by atoms with Gasteiger partial charge in [-0.25, -0.2) is 9.97 Å². The molecule has 0 spiro atoms. The molecule has 2 rings (SSSR count). The normalized spacial score (nSPS) is 24.2. The Labute approximate surface area is 115 Å². The Morgan fingerprint density at radius 3 is 2.74 bits per heavy atom. The van der Waals surface area contributed by atoms with E-state index in [1.165, 1.54) is 6.42 Å². The molecule has 19 heavy (non-hydrogen) atoms. The van der Waals surface area contributed by atoms with Gasteiger partial charge in [0.1, 0.15) is 17.5 Å². The van der Waals surface area contributed by atoms with Crippen LogP contribution in [-0.4, -0.2) is 47.6 Å². The Balaban J connectivity index is 2.06. The van der Waals surface area contributed by atoms with Crippen LogP contribution in [0.25, 0.3) is 0 Å². The zero-order chi connectivity index (χ0) is 13.8. The average Bonchev–Trinajstić information content (AvgIpc) is 2.42. The highest BCUT2D eigenvalue weighted by Gasteiger charge is 2.22. The molecule has 2 atom stereocenters.